The zero-order chi connectivity index (χ0) is 16.7. The van der Waals surface area contributed by atoms with Crippen molar-refractivity contribution in [2.75, 3.05) is 12.4 Å². The summed E-state index contributed by atoms with van der Waals surface area (Å²) in [6, 6.07) is 15.9. The summed E-state index contributed by atoms with van der Waals surface area (Å²) in [4.78, 5) is 0. The van der Waals surface area contributed by atoms with Crippen LogP contribution in [0.15, 0.2) is 54.6 Å². The molecule has 0 saturated heterocycles. The number of fused-ring (bicyclic) bond motifs is 3. The van der Waals surface area contributed by atoms with Gasteiger partial charge >= 0.3 is 0 Å². The Kier molecular flexibility index (Phi) is 3.84. The van der Waals surface area contributed by atoms with E-state index in [1.54, 1.807) is 7.11 Å². The lowest BCUT2D eigenvalue weighted by Gasteiger charge is -2.37. The fourth-order valence-electron chi connectivity index (χ4n) is 4.12. The van der Waals surface area contributed by atoms with Gasteiger partial charge in [-0.1, -0.05) is 50.3 Å². The van der Waals surface area contributed by atoms with E-state index in [-0.39, 0.29) is 0 Å². The van der Waals surface area contributed by atoms with Gasteiger partial charge < -0.3 is 10.1 Å². The van der Waals surface area contributed by atoms with Crippen LogP contribution in [0.2, 0.25) is 0 Å². The van der Waals surface area contributed by atoms with Crippen LogP contribution in [0.3, 0.4) is 0 Å². The van der Waals surface area contributed by atoms with Crippen molar-refractivity contribution in [3.63, 3.8) is 0 Å². The van der Waals surface area contributed by atoms with Gasteiger partial charge in [0.1, 0.15) is 5.75 Å². The molecule has 0 amide bonds. The van der Waals surface area contributed by atoms with Gasteiger partial charge in [0, 0.05) is 11.6 Å². The molecule has 24 heavy (non-hydrogen) atoms. The minimum Gasteiger partial charge on any atom is -0.497 e. The molecule has 2 nitrogen and oxygen atoms in total. The highest BCUT2D eigenvalue weighted by molar-refractivity contribution is 5.61. The molecule has 2 heteroatoms. The maximum Gasteiger partial charge on any atom is 0.119 e. The Balaban J connectivity index is 1.70. The number of methoxy groups -OCH3 is 1. The molecular weight excluding hydrogens is 294 g/mol. The molecule has 0 fully saturated rings. The molecule has 0 radical (unpaired) electrons. The predicted molar refractivity (Wildman–Crippen MR) is 99.9 cm³/mol. The molecule has 0 spiro atoms. The van der Waals surface area contributed by atoms with Gasteiger partial charge in [-0.05, 0) is 53.1 Å². The highest BCUT2D eigenvalue weighted by atomic mass is 16.5. The van der Waals surface area contributed by atoms with Crippen LogP contribution < -0.4 is 10.1 Å². The fraction of sp³-hybridized carbons (Fsp3) is 0.364. The number of rotatable bonds is 3. The average molecular weight is 319 g/mol. The molecule has 1 aliphatic carbocycles. The monoisotopic (exact) mass is 319 g/mol. The highest BCUT2D eigenvalue weighted by Gasteiger charge is 2.37. The van der Waals surface area contributed by atoms with E-state index in [9.17, 15) is 0 Å². The van der Waals surface area contributed by atoms with E-state index in [2.05, 4.69) is 67.7 Å². The van der Waals surface area contributed by atoms with E-state index in [4.69, 9.17) is 4.74 Å². The van der Waals surface area contributed by atoms with Crippen LogP contribution in [0, 0.1) is 5.92 Å². The van der Waals surface area contributed by atoms with Crippen LogP contribution in [0.4, 0.5) is 5.69 Å². The smallest absolute Gasteiger partial charge is 0.119 e. The van der Waals surface area contributed by atoms with Gasteiger partial charge in [0.05, 0.1) is 13.2 Å². The number of ether oxygens (including phenoxy) is 1. The second kappa shape index (κ2) is 6.01. The van der Waals surface area contributed by atoms with Crippen molar-refractivity contribution >= 4 is 5.69 Å². The zero-order valence-electron chi connectivity index (χ0n) is 14.6. The number of hydrogen-bond acceptors (Lipinski definition) is 2. The lowest BCUT2D eigenvalue weighted by molar-refractivity contribution is 0.405. The minimum absolute atomic E-state index is 0.368. The summed E-state index contributed by atoms with van der Waals surface area (Å²) in [5.41, 5.74) is 5.39. The van der Waals surface area contributed by atoms with E-state index >= 15 is 0 Å². The van der Waals surface area contributed by atoms with Crippen molar-refractivity contribution in [3.8, 4) is 5.75 Å². The first kappa shape index (κ1) is 15.3. The van der Waals surface area contributed by atoms with Gasteiger partial charge in [-0.25, -0.2) is 0 Å². The first-order valence-corrected chi connectivity index (χ1v) is 8.88. The Morgan fingerprint density at radius 1 is 1.08 bits per heavy atom. The van der Waals surface area contributed by atoms with E-state index in [0.29, 0.717) is 23.8 Å². The van der Waals surface area contributed by atoms with Gasteiger partial charge in [0.25, 0.3) is 0 Å². The third kappa shape index (κ3) is 2.50. The van der Waals surface area contributed by atoms with E-state index in [1.165, 1.54) is 22.4 Å². The van der Waals surface area contributed by atoms with Crippen molar-refractivity contribution in [2.45, 2.75) is 38.1 Å². The van der Waals surface area contributed by atoms with Crippen LogP contribution in [-0.4, -0.2) is 7.11 Å². The van der Waals surface area contributed by atoms with E-state index in [0.717, 1.165) is 12.2 Å². The van der Waals surface area contributed by atoms with Gasteiger partial charge in [-0.15, -0.1) is 0 Å². The maximum atomic E-state index is 5.42. The molecule has 0 saturated carbocycles. The molecule has 2 aromatic carbocycles. The summed E-state index contributed by atoms with van der Waals surface area (Å²) in [5, 5.41) is 3.79. The third-order valence-electron chi connectivity index (χ3n) is 5.53. The van der Waals surface area contributed by atoms with Crippen molar-refractivity contribution in [1.29, 1.82) is 0 Å². The normalized spacial score (nSPS) is 24.4. The third-order valence-corrected chi connectivity index (χ3v) is 5.53. The van der Waals surface area contributed by atoms with E-state index in [1.807, 2.05) is 6.07 Å². The van der Waals surface area contributed by atoms with Crippen LogP contribution in [0.25, 0.3) is 0 Å². The molecule has 2 aliphatic rings. The number of nitrogens with one attached hydrogen (secondary N) is 1. The standard InChI is InChI=1S/C22H25NO/c1-14(2)15-7-9-16(10-8-15)22-19-6-4-5-18(19)20-13-17(24-3)11-12-21(20)23-22/h4-5,7-14,18-19,22-23H,6H2,1-3H3. The summed E-state index contributed by atoms with van der Waals surface area (Å²) in [6.45, 7) is 4.49. The molecule has 124 valence electrons. The number of benzene rings is 2. The lowest BCUT2D eigenvalue weighted by atomic mass is 9.77. The van der Waals surface area contributed by atoms with E-state index < -0.39 is 0 Å². The highest BCUT2D eigenvalue weighted by Crippen LogP contribution is 2.50. The largest absolute Gasteiger partial charge is 0.497 e. The Hall–Kier alpha value is -2.22. The second-order valence-corrected chi connectivity index (χ2v) is 7.25. The molecule has 2 aromatic rings. The van der Waals surface area contributed by atoms with Gasteiger partial charge in [0.2, 0.25) is 0 Å². The summed E-state index contributed by atoms with van der Waals surface area (Å²) in [6.07, 6.45) is 5.84. The molecule has 1 heterocycles. The van der Waals surface area contributed by atoms with Crippen LogP contribution in [0.5, 0.6) is 5.75 Å². The number of anilines is 1. The Labute approximate surface area is 144 Å². The minimum atomic E-state index is 0.368. The SMILES string of the molecule is COc1ccc2c(c1)C1C=CCC1C(c1ccc(C(C)C)cc1)N2. The van der Waals surface area contributed by atoms with Crippen molar-refractivity contribution in [3.05, 3.63) is 71.3 Å². The number of hydrogen-bond donors (Lipinski definition) is 1. The maximum absolute atomic E-state index is 5.42. The van der Waals surface area contributed by atoms with Crippen molar-refractivity contribution in [1.82, 2.24) is 0 Å². The molecule has 3 unspecified atom stereocenters. The quantitative estimate of drug-likeness (QED) is 0.739. The summed E-state index contributed by atoms with van der Waals surface area (Å²) in [5.74, 6) is 2.57. The van der Waals surface area contributed by atoms with Gasteiger partial charge in [-0.2, -0.15) is 0 Å². The topological polar surface area (TPSA) is 21.3 Å². The number of allylic oxidation sites excluding steroid dienone is 2. The van der Waals surface area contributed by atoms with Crippen LogP contribution in [0.1, 0.15) is 54.8 Å². The molecule has 1 N–H and O–H groups in total. The summed E-state index contributed by atoms with van der Waals surface area (Å²) < 4.78 is 5.42. The molecule has 3 atom stereocenters. The molecule has 4 rings (SSSR count). The second-order valence-electron chi connectivity index (χ2n) is 7.25. The summed E-state index contributed by atoms with van der Waals surface area (Å²) >= 11 is 0. The van der Waals surface area contributed by atoms with Crippen molar-refractivity contribution in [2.24, 2.45) is 5.92 Å². The fourth-order valence-corrected chi connectivity index (χ4v) is 4.12. The van der Waals surface area contributed by atoms with Gasteiger partial charge in [-0.3, -0.25) is 0 Å². The average Bonchev–Trinajstić information content (AvgIpc) is 3.10. The Morgan fingerprint density at radius 3 is 2.58 bits per heavy atom. The summed E-state index contributed by atoms with van der Waals surface area (Å²) in [7, 11) is 1.74. The predicted octanol–water partition coefficient (Wildman–Crippen LogP) is 5.65. The lowest BCUT2D eigenvalue weighted by Crippen LogP contribution is -2.29. The molecule has 1 aliphatic heterocycles. The van der Waals surface area contributed by atoms with Crippen LogP contribution in [-0.2, 0) is 0 Å². The van der Waals surface area contributed by atoms with Crippen molar-refractivity contribution < 1.29 is 4.74 Å². The zero-order valence-corrected chi connectivity index (χ0v) is 14.6. The molecular formula is C22H25NO. The molecule has 0 bridgehead atoms. The Morgan fingerprint density at radius 2 is 1.88 bits per heavy atom. The molecule has 0 aromatic heterocycles. The first-order valence-electron chi connectivity index (χ1n) is 8.88. The first-order chi connectivity index (χ1) is 11.7. The van der Waals surface area contributed by atoms with Gasteiger partial charge in [0.15, 0.2) is 0 Å². The Bertz CT molecular complexity index is 760. The van der Waals surface area contributed by atoms with Crippen LogP contribution >= 0.6 is 0 Å².